The van der Waals surface area contributed by atoms with E-state index in [1.54, 1.807) is 0 Å². The number of nitrogens with one attached hydrogen (secondary N) is 4. The van der Waals surface area contributed by atoms with Gasteiger partial charge in [0.25, 0.3) is 0 Å². The van der Waals surface area contributed by atoms with Crippen molar-refractivity contribution in [2.24, 2.45) is 0 Å². The summed E-state index contributed by atoms with van der Waals surface area (Å²) in [5, 5.41) is 9.40. The summed E-state index contributed by atoms with van der Waals surface area (Å²) in [6.07, 6.45) is 0. The van der Waals surface area contributed by atoms with Gasteiger partial charge in [0, 0.05) is 5.97 Å². The molecule has 0 aliphatic rings. The van der Waals surface area contributed by atoms with Gasteiger partial charge in [-0.05, 0) is 19.6 Å². The average Bonchev–Trinajstić information content (AvgIpc) is 2.28. The summed E-state index contributed by atoms with van der Waals surface area (Å²) in [5.74, 6) is -1.32. The Morgan fingerprint density at radius 2 is 1.27 bits per heavy atom. The van der Waals surface area contributed by atoms with E-state index in [4.69, 9.17) is 41.6 Å². The second-order valence-electron chi connectivity index (χ2n) is 3.57. The molecule has 0 aromatic heterocycles. The molecule has 0 heterocycles. The summed E-state index contributed by atoms with van der Waals surface area (Å²) in [5.41, 5.74) is 27.1. The van der Waals surface area contributed by atoms with Gasteiger partial charge in [0.15, 0.2) is 0 Å². The Hall–Kier alpha value is -0.0935. The van der Waals surface area contributed by atoms with Gasteiger partial charge < -0.3 is 37.7 Å². The van der Waals surface area contributed by atoms with E-state index in [1.807, 2.05) is 4.90 Å². The van der Waals surface area contributed by atoms with Crippen molar-refractivity contribution in [1.29, 1.82) is 0 Å². The van der Waals surface area contributed by atoms with Gasteiger partial charge in [-0.2, -0.15) is 0 Å². The molecule has 0 aromatic rings. The average molecular weight is 392 g/mol. The molecule has 1 unspecified atom stereocenters. The van der Waals surface area contributed by atoms with Crippen LogP contribution in [0.1, 0.15) is 6.92 Å². The molecular formula is C9H23ClCoN5O6-2. The third kappa shape index (κ3) is 42.7. The van der Waals surface area contributed by atoms with Crippen molar-refractivity contribution in [3.05, 3.63) is 22.9 Å². The van der Waals surface area contributed by atoms with Crippen LogP contribution < -0.4 is 9.77 Å². The van der Waals surface area contributed by atoms with E-state index in [0.29, 0.717) is 39.3 Å². The van der Waals surface area contributed by atoms with E-state index in [-0.39, 0.29) is 16.8 Å². The summed E-state index contributed by atoms with van der Waals surface area (Å²) in [6, 6.07) is -1.09. The number of carboxylic acid groups (broad SMARTS) is 1. The van der Waals surface area contributed by atoms with E-state index in [1.165, 1.54) is 6.92 Å². The number of carboxylic acids is 1. The van der Waals surface area contributed by atoms with E-state index in [9.17, 15) is 9.90 Å². The molecule has 11 nitrogen and oxygen atoms in total. The fraction of sp³-hybridized carbons (Fsp3) is 0.889. The van der Waals surface area contributed by atoms with Crippen molar-refractivity contribution in [3.8, 4) is 0 Å². The van der Waals surface area contributed by atoms with Crippen molar-refractivity contribution in [2.45, 2.75) is 13.0 Å². The van der Waals surface area contributed by atoms with Crippen LogP contribution in [0.4, 0.5) is 0 Å². The number of rotatable bonds is 7. The summed E-state index contributed by atoms with van der Waals surface area (Å²) in [6.45, 7) is 4.49. The molecule has 1 atom stereocenters. The third-order valence-corrected chi connectivity index (χ3v) is 1.64. The molecule has 0 saturated carbocycles. The molecule has 138 valence electrons. The van der Waals surface area contributed by atoms with Gasteiger partial charge in [-0.25, -0.2) is 0 Å². The monoisotopic (exact) mass is 391 g/mol. The van der Waals surface area contributed by atoms with Crippen molar-refractivity contribution >= 4 is 5.97 Å². The maximum atomic E-state index is 9.40. The predicted octanol–water partition coefficient (Wildman–Crippen LogP) is -2.24. The first kappa shape index (κ1) is 29.9. The van der Waals surface area contributed by atoms with E-state index < -0.39 is 22.3 Å². The number of aliphatic carboxylic acids is 1. The SMILES string of the molecule is CC([NH-])C(=O)[O-].[Co+3].[NH-]CCN(CC[NH-])CC[NH-].[O-][Cl+](O)(O)O. The van der Waals surface area contributed by atoms with Gasteiger partial charge in [0.05, 0.1) is 0 Å². The molecule has 13 heteroatoms. The maximum absolute atomic E-state index is 9.40. The predicted molar refractivity (Wildman–Crippen MR) is 69.5 cm³/mol. The molecular weight excluding hydrogens is 369 g/mol. The molecule has 0 saturated heterocycles. The molecule has 0 fully saturated rings. The molecule has 0 bridgehead atoms. The van der Waals surface area contributed by atoms with Gasteiger partial charge >= 0.3 is 45.7 Å². The van der Waals surface area contributed by atoms with Gasteiger partial charge in [-0.3, -0.25) is 0 Å². The van der Waals surface area contributed by atoms with E-state index in [2.05, 4.69) is 0 Å². The zero-order chi connectivity index (χ0) is 17.5. The van der Waals surface area contributed by atoms with Crippen LogP contribution in [0.25, 0.3) is 22.9 Å². The fourth-order valence-corrected chi connectivity index (χ4v) is 0.810. The molecule has 22 heavy (non-hydrogen) atoms. The molecule has 0 rings (SSSR count). The fourth-order valence-electron chi connectivity index (χ4n) is 0.810. The van der Waals surface area contributed by atoms with E-state index in [0.717, 1.165) is 0 Å². The standard InChI is InChI=1S/C6H15N4.C3H6NO2.ClH3O4.Co/c7-1-4-10(5-2-8)6-3-9;1-2(4)3(5)6;2-1(3,4)5;/h7-9H,1-6H2;2,4H,1H3,(H,5,6);2-4H;/q-3;-1;;+3/p-1. The summed E-state index contributed by atoms with van der Waals surface area (Å²) < 4.78 is 30.2. The minimum absolute atomic E-state index is 0. The number of carbonyl (C=O) groups excluding carboxylic acids is 1. The Kier molecular flexibility index (Phi) is 25.7. The van der Waals surface area contributed by atoms with Crippen molar-refractivity contribution < 1.29 is 55.6 Å². The molecule has 7 N–H and O–H groups in total. The van der Waals surface area contributed by atoms with Crippen LogP contribution in [-0.2, 0) is 21.6 Å². The first-order valence-electron chi connectivity index (χ1n) is 5.73. The van der Waals surface area contributed by atoms with Crippen LogP contribution in [0, 0.1) is 10.2 Å². The second kappa shape index (κ2) is 19.0. The Balaban J connectivity index is -0.000000117. The Bertz CT molecular complexity index is 227. The first-order valence-corrected chi connectivity index (χ1v) is 7.06. The van der Waals surface area contributed by atoms with Crippen LogP contribution in [-0.4, -0.2) is 70.2 Å². The van der Waals surface area contributed by atoms with Crippen LogP contribution in [0.5, 0.6) is 0 Å². The number of hydrogen-bond acceptors (Lipinski definition) is 7. The van der Waals surface area contributed by atoms with Crippen LogP contribution >= 0.6 is 0 Å². The van der Waals surface area contributed by atoms with Crippen molar-refractivity contribution in [3.63, 3.8) is 0 Å². The topological polar surface area (TPSA) is 222 Å². The second-order valence-corrected chi connectivity index (χ2v) is 4.43. The number of halogens is 1. The zero-order valence-electron chi connectivity index (χ0n) is 12.0. The normalized spacial score (nSPS) is 12.1. The van der Waals surface area contributed by atoms with E-state index >= 15 is 0 Å². The van der Waals surface area contributed by atoms with Gasteiger partial charge in [-0.15, -0.1) is 25.7 Å². The van der Waals surface area contributed by atoms with Crippen LogP contribution in [0.15, 0.2) is 0 Å². The number of carbonyl (C=O) groups is 1. The van der Waals surface area contributed by atoms with Crippen molar-refractivity contribution in [1.82, 2.24) is 4.90 Å². The number of nitrogens with zero attached hydrogens (tertiary/aromatic N) is 1. The van der Waals surface area contributed by atoms with Crippen molar-refractivity contribution in [2.75, 3.05) is 39.3 Å². The van der Waals surface area contributed by atoms with Crippen LogP contribution in [0.2, 0.25) is 0 Å². The van der Waals surface area contributed by atoms with Gasteiger partial charge in [0.2, 0.25) is 0 Å². The van der Waals surface area contributed by atoms with Crippen LogP contribution in [0.3, 0.4) is 0 Å². The molecule has 0 aliphatic carbocycles. The molecule has 0 aromatic carbocycles. The zero-order valence-corrected chi connectivity index (χ0v) is 13.8. The first-order chi connectivity index (χ1) is 9.49. The quantitative estimate of drug-likeness (QED) is 0.432. The summed E-state index contributed by atoms with van der Waals surface area (Å²) in [7, 11) is -4.19. The minimum atomic E-state index is -4.19. The summed E-state index contributed by atoms with van der Waals surface area (Å²) >= 11 is 0. The van der Waals surface area contributed by atoms with Gasteiger partial charge in [-0.1, -0.05) is 6.92 Å². The molecule has 0 aliphatic heterocycles. The Morgan fingerprint density at radius 3 is 1.36 bits per heavy atom. The summed E-state index contributed by atoms with van der Waals surface area (Å²) in [4.78, 5) is 11.4. The van der Waals surface area contributed by atoms with Gasteiger partial charge in [0.1, 0.15) is 0 Å². The molecule has 0 radical (unpaired) electrons. The Labute approximate surface area is 142 Å². The molecule has 0 amide bonds. The molecule has 0 spiro atoms. The number of hydrogen-bond donors (Lipinski definition) is 3. The third-order valence-electron chi connectivity index (χ3n) is 1.64. The Morgan fingerprint density at radius 1 is 1.09 bits per heavy atom.